The van der Waals surface area contributed by atoms with Gasteiger partial charge in [-0.3, -0.25) is 14.5 Å². The Morgan fingerprint density at radius 1 is 1.07 bits per heavy atom. The van der Waals surface area contributed by atoms with Gasteiger partial charge in [0.15, 0.2) is 0 Å². The minimum Gasteiger partial charge on any atom is -0.282 e. The molecule has 2 unspecified atom stereocenters. The lowest BCUT2D eigenvalue weighted by atomic mass is 10.00. The molecule has 1 saturated heterocycles. The average Bonchev–Trinajstić information content (AvgIpc) is 2.41. The van der Waals surface area contributed by atoms with Gasteiger partial charge in [-0.2, -0.15) is 12.6 Å². The molecule has 0 aromatic carbocycles. The van der Waals surface area contributed by atoms with E-state index in [9.17, 15) is 9.59 Å². The lowest BCUT2D eigenvalue weighted by Gasteiger charge is -2.13. The van der Waals surface area contributed by atoms with E-state index in [1.54, 1.807) is 0 Å². The highest BCUT2D eigenvalue weighted by Crippen LogP contribution is 2.25. The van der Waals surface area contributed by atoms with E-state index in [1.165, 1.54) is 4.90 Å². The molecule has 0 bridgehead atoms. The summed E-state index contributed by atoms with van der Waals surface area (Å²) in [5, 5.41) is 0. The maximum Gasteiger partial charge on any atom is 0.232 e. The highest BCUT2D eigenvalue weighted by molar-refractivity contribution is 7.80. The van der Waals surface area contributed by atoms with E-state index in [0.717, 1.165) is 25.0 Å². The monoisotopic (exact) mass is 229 g/mol. The quantitative estimate of drug-likeness (QED) is 0.443. The van der Waals surface area contributed by atoms with E-state index in [2.05, 4.69) is 12.6 Å². The highest BCUT2D eigenvalue weighted by atomic mass is 32.1. The van der Waals surface area contributed by atoms with Crippen molar-refractivity contribution >= 4 is 24.4 Å². The molecule has 1 aliphatic heterocycles. The Balaban J connectivity index is 2.41. The summed E-state index contributed by atoms with van der Waals surface area (Å²) in [5.74, 6) is 0.593. The van der Waals surface area contributed by atoms with Crippen molar-refractivity contribution in [3.63, 3.8) is 0 Å². The van der Waals surface area contributed by atoms with Crippen LogP contribution in [-0.4, -0.2) is 29.0 Å². The first kappa shape index (κ1) is 12.6. The van der Waals surface area contributed by atoms with E-state index < -0.39 is 0 Å². The van der Waals surface area contributed by atoms with Gasteiger partial charge < -0.3 is 0 Å². The van der Waals surface area contributed by atoms with E-state index in [0.29, 0.717) is 6.54 Å². The van der Waals surface area contributed by atoms with Gasteiger partial charge in [-0.25, -0.2) is 0 Å². The fraction of sp³-hybridized carbons (Fsp3) is 0.818. The molecule has 0 aromatic heterocycles. The van der Waals surface area contributed by atoms with Gasteiger partial charge in [-0.15, -0.1) is 0 Å². The molecule has 0 N–H and O–H groups in total. The second-order valence-electron chi connectivity index (χ2n) is 4.19. The van der Waals surface area contributed by atoms with Gasteiger partial charge in [-0.1, -0.05) is 20.3 Å². The zero-order valence-electron chi connectivity index (χ0n) is 9.40. The number of rotatable bonds is 5. The summed E-state index contributed by atoms with van der Waals surface area (Å²) in [7, 11) is 0. The fourth-order valence-corrected chi connectivity index (χ4v) is 2.03. The lowest BCUT2D eigenvalue weighted by Crippen LogP contribution is -2.31. The third-order valence-corrected chi connectivity index (χ3v) is 3.42. The largest absolute Gasteiger partial charge is 0.282 e. The van der Waals surface area contributed by atoms with E-state index in [4.69, 9.17) is 0 Å². The number of imide groups is 1. The summed E-state index contributed by atoms with van der Waals surface area (Å²) in [5.41, 5.74) is 0. The second-order valence-corrected chi connectivity index (χ2v) is 4.64. The van der Waals surface area contributed by atoms with E-state index in [1.807, 2.05) is 13.8 Å². The van der Waals surface area contributed by atoms with Gasteiger partial charge in [0.1, 0.15) is 0 Å². The van der Waals surface area contributed by atoms with Crippen LogP contribution in [0.25, 0.3) is 0 Å². The molecule has 0 aliphatic carbocycles. The zero-order valence-corrected chi connectivity index (χ0v) is 10.3. The summed E-state index contributed by atoms with van der Waals surface area (Å²) < 4.78 is 0. The Morgan fingerprint density at radius 2 is 1.60 bits per heavy atom. The number of hydrogen-bond acceptors (Lipinski definition) is 3. The Hall–Kier alpha value is -0.510. The van der Waals surface area contributed by atoms with Crippen LogP contribution in [0.3, 0.4) is 0 Å². The van der Waals surface area contributed by atoms with Crippen LogP contribution in [0.5, 0.6) is 0 Å². The maximum atomic E-state index is 11.7. The number of unbranched alkanes of at least 4 members (excludes halogenated alkanes) is 2. The van der Waals surface area contributed by atoms with Crippen LogP contribution in [-0.2, 0) is 9.59 Å². The Bertz CT molecular complexity index is 235. The molecule has 0 aromatic rings. The molecule has 86 valence electrons. The van der Waals surface area contributed by atoms with E-state index in [-0.39, 0.29) is 23.7 Å². The second kappa shape index (κ2) is 5.54. The third kappa shape index (κ3) is 2.74. The maximum absolute atomic E-state index is 11.7. The van der Waals surface area contributed by atoms with E-state index >= 15 is 0 Å². The highest BCUT2D eigenvalue weighted by Gasteiger charge is 2.41. The van der Waals surface area contributed by atoms with Crippen molar-refractivity contribution < 1.29 is 9.59 Å². The molecule has 3 nitrogen and oxygen atoms in total. The van der Waals surface area contributed by atoms with Gasteiger partial charge in [0.05, 0.1) is 0 Å². The Kier molecular flexibility index (Phi) is 4.64. The van der Waals surface area contributed by atoms with Crippen molar-refractivity contribution in [2.75, 3.05) is 12.3 Å². The summed E-state index contributed by atoms with van der Waals surface area (Å²) in [6.45, 7) is 4.25. The normalized spacial score (nSPS) is 26.5. The minimum atomic E-state index is -0.137. The Labute approximate surface area is 96.6 Å². The molecule has 0 radical (unpaired) electrons. The predicted octanol–water partition coefficient (Wildman–Crippen LogP) is 1.73. The molecule has 0 saturated carbocycles. The summed E-state index contributed by atoms with van der Waals surface area (Å²) in [6, 6.07) is 0. The zero-order chi connectivity index (χ0) is 11.4. The van der Waals surface area contributed by atoms with Crippen molar-refractivity contribution in [1.29, 1.82) is 0 Å². The van der Waals surface area contributed by atoms with Crippen molar-refractivity contribution in [3.8, 4) is 0 Å². The van der Waals surface area contributed by atoms with Crippen LogP contribution >= 0.6 is 12.6 Å². The molecule has 1 fully saturated rings. The molecule has 1 aliphatic rings. The molecule has 15 heavy (non-hydrogen) atoms. The standard InChI is InChI=1S/C11H19NO2S/c1-8-9(2)11(14)12(10(8)13)6-4-3-5-7-15/h8-9,15H,3-7H2,1-2H3. The lowest BCUT2D eigenvalue weighted by molar-refractivity contribution is -0.139. The van der Waals surface area contributed by atoms with Crippen molar-refractivity contribution in [3.05, 3.63) is 0 Å². The first-order chi connectivity index (χ1) is 7.09. The van der Waals surface area contributed by atoms with Crippen molar-refractivity contribution in [2.45, 2.75) is 33.1 Å². The molecular weight excluding hydrogens is 210 g/mol. The van der Waals surface area contributed by atoms with Crippen LogP contribution in [0.1, 0.15) is 33.1 Å². The number of amides is 2. The minimum absolute atomic E-state index is 0.00151. The molecule has 2 atom stereocenters. The van der Waals surface area contributed by atoms with Crippen LogP contribution in [0.2, 0.25) is 0 Å². The Morgan fingerprint density at radius 3 is 2.07 bits per heavy atom. The SMILES string of the molecule is CC1C(=O)N(CCCCCS)C(=O)C1C. The van der Waals surface area contributed by atoms with Crippen LogP contribution in [0.4, 0.5) is 0 Å². The molecule has 1 rings (SSSR count). The summed E-state index contributed by atoms with van der Waals surface area (Å²) in [6.07, 6.45) is 2.98. The number of carbonyl (C=O) groups is 2. The summed E-state index contributed by atoms with van der Waals surface area (Å²) in [4.78, 5) is 24.8. The van der Waals surface area contributed by atoms with Crippen LogP contribution < -0.4 is 0 Å². The molecular formula is C11H19NO2S. The smallest absolute Gasteiger partial charge is 0.232 e. The number of nitrogens with zero attached hydrogens (tertiary/aromatic N) is 1. The fourth-order valence-electron chi connectivity index (χ4n) is 1.81. The number of hydrogen-bond donors (Lipinski definition) is 1. The first-order valence-corrected chi connectivity index (χ1v) is 6.19. The first-order valence-electron chi connectivity index (χ1n) is 5.55. The molecule has 1 heterocycles. The van der Waals surface area contributed by atoms with Crippen LogP contribution in [0.15, 0.2) is 0 Å². The number of likely N-dealkylation sites (tertiary alicyclic amines) is 1. The van der Waals surface area contributed by atoms with Gasteiger partial charge in [0.2, 0.25) is 11.8 Å². The van der Waals surface area contributed by atoms with Crippen molar-refractivity contribution in [1.82, 2.24) is 4.90 Å². The van der Waals surface area contributed by atoms with Crippen LogP contribution in [0, 0.1) is 11.8 Å². The van der Waals surface area contributed by atoms with Gasteiger partial charge in [-0.05, 0) is 18.6 Å². The predicted molar refractivity (Wildman–Crippen MR) is 62.8 cm³/mol. The van der Waals surface area contributed by atoms with Gasteiger partial charge >= 0.3 is 0 Å². The topological polar surface area (TPSA) is 37.4 Å². The molecule has 2 amide bonds. The van der Waals surface area contributed by atoms with Crippen molar-refractivity contribution in [2.24, 2.45) is 11.8 Å². The molecule has 4 heteroatoms. The third-order valence-electron chi connectivity index (χ3n) is 3.10. The number of carbonyl (C=O) groups excluding carboxylic acids is 2. The van der Waals surface area contributed by atoms with Gasteiger partial charge in [0.25, 0.3) is 0 Å². The molecule has 0 spiro atoms. The van der Waals surface area contributed by atoms with Gasteiger partial charge in [0, 0.05) is 18.4 Å². The average molecular weight is 229 g/mol. The summed E-state index contributed by atoms with van der Waals surface area (Å²) >= 11 is 4.12. The number of thiol groups is 1.